The second-order valence-electron chi connectivity index (χ2n) is 6.92. The van der Waals surface area contributed by atoms with Crippen molar-refractivity contribution in [2.75, 3.05) is 5.32 Å². The number of thioether (sulfide) groups is 1. The number of nitrogens with one attached hydrogen (secondary N) is 1. The van der Waals surface area contributed by atoms with Gasteiger partial charge in [-0.25, -0.2) is 4.79 Å². The lowest BCUT2D eigenvalue weighted by atomic mass is 10.1. The van der Waals surface area contributed by atoms with E-state index < -0.39 is 17.4 Å². The number of hydrogen-bond donors (Lipinski definition) is 2. The van der Waals surface area contributed by atoms with Crippen LogP contribution in [0.4, 0.5) is 5.69 Å². The maximum Gasteiger partial charge on any atom is 0.338 e. The van der Waals surface area contributed by atoms with Gasteiger partial charge in [-0.3, -0.25) is 4.79 Å². The van der Waals surface area contributed by atoms with Gasteiger partial charge >= 0.3 is 5.97 Å². The van der Waals surface area contributed by atoms with E-state index in [1.54, 1.807) is 28.9 Å². The van der Waals surface area contributed by atoms with Crippen molar-refractivity contribution in [1.82, 2.24) is 20.2 Å². The number of aromatic carboxylic acids is 1. The number of halogens is 4. The van der Waals surface area contributed by atoms with Gasteiger partial charge in [-0.2, -0.15) is 4.68 Å². The third-order valence-electron chi connectivity index (χ3n) is 4.72. The predicted molar refractivity (Wildman–Crippen MR) is 137 cm³/mol. The minimum atomic E-state index is -1.47. The lowest BCUT2D eigenvalue weighted by molar-refractivity contribution is 0.0692. The van der Waals surface area contributed by atoms with Gasteiger partial charge in [0.05, 0.1) is 42.7 Å². The van der Waals surface area contributed by atoms with Crippen LogP contribution in [0.5, 0.6) is 0 Å². The standard InChI is InChI=1S/C22H13Cl4N5O3S/c23-17-15(16(22(33)34)18(24)20(26)19(17)25)21(32)27-11-6-8-13(9-7-11)35-10-14-28-29-30-31(14)12-4-2-1-3-5-12/h1-9H,10H2,(H,27,32)(H,33,34). The molecule has 4 rings (SSSR count). The van der Waals surface area contributed by atoms with Crippen LogP contribution in [-0.2, 0) is 5.75 Å². The van der Waals surface area contributed by atoms with Gasteiger partial charge in [-0.05, 0) is 46.8 Å². The number of aromatic nitrogens is 4. The van der Waals surface area contributed by atoms with E-state index in [9.17, 15) is 14.7 Å². The summed E-state index contributed by atoms with van der Waals surface area (Å²) in [5, 5.41) is 22.9. The van der Waals surface area contributed by atoms with Crippen LogP contribution in [0, 0.1) is 0 Å². The number of anilines is 1. The van der Waals surface area contributed by atoms with Crippen LogP contribution in [0.15, 0.2) is 59.5 Å². The summed E-state index contributed by atoms with van der Waals surface area (Å²) in [4.78, 5) is 25.5. The summed E-state index contributed by atoms with van der Waals surface area (Å²) in [6, 6.07) is 16.4. The van der Waals surface area contributed by atoms with Gasteiger partial charge in [0.1, 0.15) is 0 Å². The Morgan fingerprint density at radius 3 is 2.14 bits per heavy atom. The first-order valence-corrected chi connectivity index (χ1v) is 12.2. The summed E-state index contributed by atoms with van der Waals surface area (Å²) in [6.07, 6.45) is 0. The highest BCUT2D eigenvalue weighted by Gasteiger charge is 2.28. The van der Waals surface area contributed by atoms with E-state index in [0.29, 0.717) is 17.3 Å². The number of carboxylic acid groups (broad SMARTS) is 1. The lowest BCUT2D eigenvalue weighted by Crippen LogP contribution is -2.18. The SMILES string of the molecule is O=C(O)c1c(Cl)c(Cl)c(Cl)c(Cl)c1C(=O)Nc1ccc(SCc2nnnn2-c2ccccc2)cc1. The number of carbonyl (C=O) groups excluding carboxylic acids is 1. The van der Waals surface area contributed by atoms with E-state index in [1.165, 1.54) is 11.8 Å². The number of amides is 1. The van der Waals surface area contributed by atoms with Gasteiger partial charge in [0.15, 0.2) is 5.82 Å². The van der Waals surface area contributed by atoms with Crippen LogP contribution in [-0.4, -0.2) is 37.2 Å². The number of nitrogens with zero attached hydrogens (tertiary/aromatic N) is 4. The zero-order chi connectivity index (χ0) is 25.1. The number of rotatable bonds is 7. The average Bonchev–Trinajstić information content (AvgIpc) is 3.33. The first-order valence-electron chi connectivity index (χ1n) is 9.74. The molecule has 4 aromatic rings. The predicted octanol–water partition coefficient (Wildman–Crippen LogP) is 6.52. The number of hydrogen-bond acceptors (Lipinski definition) is 6. The van der Waals surface area contributed by atoms with E-state index in [2.05, 4.69) is 20.8 Å². The number of carboxylic acids is 1. The highest BCUT2D eigenvalue weighted by molar-refractivity contribution is 7.98. The fraction of sp³-hybridized carbons (Fsp3) is 0.0455. The maximum atomic E-state index is 12.9. The smallest absolute Gasteiger partial charge is 0.338 e. The quantitative estimate of drug-likeness (QED) is 0.148. The minimum Gasteiger partial charge on any atom is -0.478 e. The van der Waals surface area contributed by atoms with Crippen LogP contribution in [0.25, 0.3) is 5.69 Å². The van der Waals surface area contributed by atoms with E-state index in [0.717, 1.165) is 10.6 Å². The van der Waals surface area contributed by atoms with Gasteiger partial charge in [0, 0.05) is 10.6 Å². The summed E-state index contributed by atoms with van der Waals surface area (Å²) in [5.74, 6) is -1.08. The Morgan fingerprint density at radius 1 is 0.886 bits per heavy atom. The molecular weight excluding hydrogens is 556 g/mol. The molecule has 2 N–H and O–H groups in total. The molecule has 0 saturated carbocycles. The molecule has 0 aliphatic rings. The van der Waals surface area contributed by atoms with Crippen molar-refractivity contribution in [3.8, 4) is 5.69 Å². The topological polar surface area (TPSA) is 110 Å². The third kappa shape index (κ3) is 5.39. The molecule has 0 bridgehead atoms. The molecule has 3 aromatic carbocycles. The molecule has 0 radical (unpaired) electrons. The molecule has 0 unspecified atom stereocenters. The molecule has 178 valence electrons. The highest BCUT2D eigenvalue weighted by atomic mass is 35.5. The number of tetrazole rings is 1. The molecule has 35 heavy (non-hydrogen) atoms. The van der Waals surface area contributed by atoms with Gasteiger partial charge in [-0.1, -0.05) is 64.6 Å². The van der Waals surface area contributed by atoms with Gasteiger partial charge in [0.2, 0.25) is 0 Å². The Labute approximate surface area is 223 Å². The average molecular weight is 569 g/mol. The first kappa shape index (κ1) is 25.3. The molecule has 8 nitrogen and oxygen atoms in total. The zero-order valence-corrected chi connectivity index (χ0v) is 21.2. The van der Waals surface area contributed by atoms with Crippen LogP contribution in [0.1, 0.15) is 26.5 Å². The number of carbonyl (C=O) groups is 2. The Morgan fingerprint density at radius 2 is 1.51 bits per heavy atom. The Hall–Kier alpha value is -2.82. The molecule has 1 aromatic heterocycles. The summed E-state index contributed by atoms with van der Waals surface area (Å²) < 4.78 is 1.66. The molecule has 0 aliphatic heterocycles. The minimum absolute atomic E-state index is 0.210. The van der Waals surface area contributed by atoms with Crippen molar-refractivity contribution in [3.05, 3.63) is 91.6 Å². The van der Waals surface area contributed by atoms with Gasteiger partial charge in [-0.15, -0.1) is 16.9 Å². The Balaban J connectivity index is 1.48. The highest BCUT2D eigenvalue weighted by Crippen LogP contribution is 2.41. The number of para-hydroxylation sites is 1. The van der Waals surface area contributed by atoms with Crippen LogP contribution >= 0.6 is 58.2 Å². The van der Waals surface area contributed by atoms with Crippen LogP contribution < -0.4 is 5.32 Å². The zero-order valence-electron chi connectivity index (χ0n) is 17.4. The lowest BCUT2D eigenvalue weighted by Gasteiger charge is -2.14. The third-order valence-corrected chi connectivity index (χ3v) is 7.53. The van der Waals surface area contributed by atoms with Gasteiger partial charge in [0.25, 0.3) is 5.91 Å². The normalized spacial score (nSPS) is 10.9. The molecule has 0 fully saturated rings. The molecule has 0 aliphatic carbocycles. The van der Waals surface area contributed by atoms with E-state index >= 15 is 0 Å². The maximum absolute atomic E-state index is 12.9. The molecule has 1 heterocycles. The summed E-state index contributed by atoms with van der Waals surface area (Å²) in [6.45, 7) is 0. The van der Waals surface area contributed by atoms with Crippen molar-refractivity contribution in [2.45, 2.75) is 10.6 Å². The fourth-order valence-corrected chi connectivity index (χ4v) is 4.91. The summed E-state index contributed by atoms with van der Waals surface area (Å²) in [5.41, 5.74) is 0.340. The number of benzene rings is 3. The Kier molecular flexibility index (Phi) is 7.83. The molecule has 0 saturated heterocycles. The van der Waals surface area contributed by atoms with Crippen LogP contribution in [0.3, 0.4) is 0 Å². The molecule has 1 amide bonds. The molecular formula is C22H13Cl4N5O3S. The molecule has 0 atom stereocenters. The van der Waals surface area contributed by atoms with Crippen LogP contribution in [0.2, 0.25) is 20.1 Å². The largest absolute Gasteiger partial charge is 0.478 e. The van der Waals surface area contributed by atoms with Crippen molar-refractivity contribution in [2.24, 2.45) is 0 Å². The van der Waals surface area contributed by atoms with Gasteiger partial charge < -0.3 is 10.4 Å². The van der Waals surface area contributed by atoms with Crippen molar-refractivity contribution in [1.29, 1.82) is 0 Å². The summed E-state index contributed by atoms with van der Waals surface area (Å²) >= 11 is 25.6. The second-order valence-corrected chi connectivity index (χ2v) is 9.48. The monoisotopic (exact) mass is 567 g/mol. The second kappa shape index (κ2) is 10.8. The fourth-order valence-electron chi connectivity index (χ4n) is 3.09. The van der Waals surface area contributed by atoms with Crippen molar-refractivity contribution < 1.29 is 14.7 Å². The molecule has 13 heteroatoms. The summed E-state index contributed by atoms with van der Waals surface area (Å²) in [7, 11) is 0. The van der Waals surface area contributed by atoms with Crippen molar-refractivity contribution in [3.63, 3.8) is 0 Å². The molecule has 0 spiro atoms. The van der Waals surface area contributed by atoms with E-state index in [1.807, 2.05) is 30.3 Å². The van der Waals surface area contributed by atoms with Crippen molar-refractivity contribution >= 4 is 75.7 Å². The van der Waals surface area contributed by atoms with E-state index in [-0.39, 0.29) is 25.7 Å². The van der Waals surface area contributed by atoms with E-state index in [4.69, 9.17) is 46.4 Å². The Bertz CT molecular complexity index is 1420. The first-order chi connectivity index (χ1) is 16.8.